The average Bonchev–Trinajstić information content (AvgIpc) is 2.64. The van der Waals surface area contributed by atoms with Crippen molar-refractivity contribution in [3.05, 3.63) is 63.6 Å². The first-order valence-corrected chi connectivity index (χ1v) is 8.73. The summed E-state index contributed by atoms with van der Waals surface area (Å²) in [6.07, 6.45) is 5.44. The van der Waals surface area contributed by atoms with Gasteiger partial charge in [-0.2, -0.15) is 5.26 Å². The molecular weight excluding hydrogens is 316 g/mol. The Hall–Kier alpha value is -2.58. The Labute approximate surface area is 145 Å². The van der Waals surface area contributed by atoms with Crippen LogP contribution in [0.2, 0.25) is 0 Å². The van der Waals surface area contributed by atoms with E-state index in [0.717, 1.165) is 32.1 Å². The SMILES string of the molecule is N#Cc1ccc2c(c1)C(c1ccc[nH]c1=O)C(O)C1(CCCCC1)O2. The van der Waals surface area contributed by atoms with Crippen LogP contribution in [0.1, 0.15) is 54.7 Å². The van der Waals surface area contributed by atoms with E-state index in [1.54, 1.807) is 36.5 Å². The van der Waals surface area contributed by atoms with Crippen LogP contribution >= 0.6 is 0 Å². The molecule has 2 aliphatic rings. The minimum absolute atomic E-state index is 0.215. The minimum atomic E-state index is -0.822. The quantitative estimate of drug-likeness (QED) is 0.838. The standard InChI is InChI=1S/C20H20N2O3/c21-12-13-6-7-16-15(11-13)17(14-5-4-10-22-19(14)24)18(23)20(25-16)8-2-1-3-9-20/h4-7,10-11,17-18,23H,1-3,8-9H2,(H,22,24). The number of aromatic amines is 1. The van der Waals surface area contributed by atoms with Crippen LogP contribution in [0, 0.1) is 11.3 Å². The lowest BCUT2D eigenvalue weighted by Gasteiger charge is -2.48. The number of hydrogen-bond donors (Lipinski definition) is 2. The number of nitrogens with one attached hydrogen (secondary N) is 1. The molecule has 128 valence electrons. The predicted octanol–water partition coefficient (Wildman–Crippen LogP) is 2.83. The number of hydrogen-bond acceptors (Lipinski definition) is 4. The van der Waals surface area contributed by atoms with Crippen molar-refractivity contribution in [2.75, 3.05) is 0 Å². The summed E-state index contributed by atoms with van der Waals surface area (Å²) in [6, 6.07) is 10.9. The van der Waals surface area contributed by atoms with Gasteiger partial charge in [-0.3, -0.25) is 4.79 Å². The Bertz CT molecular complexity index is 890. The highest BCUT2D eigenvalue weighted by molar-refractivity contribution is 5.50. The van der Waals surface area contributed by atoms with Gasteiger partial charge in [0, 0.05) is 23.2 Å². The van der Waals surface area contributed by atoms with Crippen LogP contribution in [0.5, 0.6) is 5.75 Å². The van der Waals surface area contributed by atoms with Crippen LogP contribution < -0.4 is 10.3 Å². The van der Waals surface area contributed by atoms with Crippen LogP contribution in [0.25, 0.3) is 0 Å². The number of pyridine rings is 1. The minimum Gasteiger partial charge on any atom is -0.484 e. The summed E-state index contributed by atoms with van der Waals surface area (Å²) in [5, 5.41) is 20.5. The summed E-state index contributed by atoms with van der Waals surface area (Å²) < 4.78 is 6.29. The van der Waals surface area contributed by atoms with Gasteiger partial charge in [0.2, 0.25) is 0 Å². The van der Waals surface area contributed by atoms with Gasteiger partial charge in [-0.25, -0.2) is 0 Å². The summed E-state index contributed by atoms with van der Waals surface area (Å²) >= 11 is 0. The molecule has 1 aliphatic heterocycles. The Morgan fingerprint density at radius 1 is 1.20 bits per heavy atom. The highest BCUT2D eigenvalue weighted by atomic mass is 16.5. The van der Waals surface area contributed by atoms with Crippen molar-refractivity contribution in [2.45, 2.75) is 49.7 Å². The largest absolute Gasteiger partial charge is 0.484 e. The number of rotatable bonds is 1. The van der Waals surface area contributed by atoms with Crippen LogP contribution in [0.3, 0.4) is 0 Å². The van der Waals surface area contributed by atoms with Crippen molar-refractivity contribution in [1.29, 1.82) is 5.26 Å². The van der Waals surface area contributed by atoms with Crippen LogP contribution in [-0.4, -0.2) is 21.8 Å². The first-order valence-electron chi connectivity index (χ1n) is 8.73. The van der Waals surface area contributed by atoms with Gasteiger partial charge in [0.25, 0.3) is 5.56 Å². The van der Waals surface area contributed by atoms with Gasteiger partial charge < -0.3 is 14.8 Å². The lowest BCUT2D eigenvalue weighted by atomic mass is 9.70. The fourth-order valence-electron chi connectivity index (χ4n) is 4.27. The molecule has 1 spiro atoms. The third kappa shape index (κ3) is 2.54. The second kappa shape index (κ2) is 6.05. The zero-order chi connectivity index (χ0) is 17.4. The molecule has 1 fully saturated rings. The van der Waals surface area contributed by atoms with Gasteiger partial charge in [0.15, 0.2) is 0 Å². The Morgan fingerprint density at radius 3 is 2.72 bits per heavy atom. The molecule has 2 atom stereocenters. The van der Waals surface area contributed by atoms with Crippen molar-refractivity contribution >= 4 is 0 Å². The summed E-state index contributed by atoms with van der Waals surface area (Å²) in [4.78, 5) is 15.1. The van der Waals surface area contributed by atoms with E-state index < -0.39 is 17.6 Å². The normalized spacial score (nSPS) is 24.2. The van der Waals surface area contributed by atoms with E-state index in [9.17, 15) is 15.2 Å². The van der Waals surface area contributed by atoms with Crippen molar-refractivity contribution in [1.82, 2.24) is 4.98 Å². The Balaban J connectivity index is 1.92. The topological polar surface area (TPSA) is 86.1 Å². The molecule has 5 nitrogen and oxygen atoms in total. The highest BCUT2D eigenvalue weighted by Gasteiger charge is 2.50. The molecule has 1 aromatic carbocycles. The number of aliphatic hydroxyl groups is 1. The second-order valence-corrected chi connectivity index (χ2v) is 6.97. The molecule has 4 rings (SSSR count). The van der Waals surface area contributed by atoms with E-state index in [2.05, 4.69) is 11.1 Å². The maximum atomic E-state index is 12.4. The van der Waals surface area contributed by atoms with E-state index in [0.29, 0.717) is 22.4 Å². The molecular formula is C20H20N2O3. The Morgan fingerprint density at radius 2 is 2.00 bits per heavy atom. The van der Waals surface area contributed by atoms with Gasteiger partial charge >= 0.3 is 0 Å². The second-order valence-electron chi connectivity index (χ2n) is 6.97. The number of nitrogens with zero attached hydrogens (tertiary/aromatic N) is 1. The summed E-state index contributed by atoms with van der Waals surface area (Å²) in [6.45, 7) is 0. The summed E-state index contributed by atoms with van der Waals surface area (Å²) in [7, 11) is 0. The highest BCUT2D eigenvalue weighted by Crippen LogP contribution is 2.49. The summed E-state index contributed by atoms with van der Waals surface area (Å²) in [5.41, 5.74) is 0.838. The number of H-pyrrole nitrogens is 1. The maximum absolute atomic E-state index is 12.4. The number of ether oxygens (including phenoxy) is 1. The molecule has 2 aromatic rings. The van der Waals surface area contributed by atoms with Gasteiger partial charge in [-0.05, 0) is 49.9 Å². The lowest BCUT2D eigenvalue weighted by molar-refractivity contribution is -0.0965. The molecule has 0 bridgehead atoms. The fraction of sp³-hybridized carbons (Fsp3) is 0.400. The third-order valence-corrected chi connectivity index (χ3v) is 5.53. The Kier molecular flexibility index (Phi) is 3.85. The van der Waals surface area contributed by atoms with Gasteiger partial charge in [-0.15, -0.1) is 0 Å². The molecule has 1 aromatic heterocycles. The number of fused-ring (bicyclic) bond motifs is 1. The molecule has 0 amide bonds. The lowest BCUT2D eigenvalue weighted by Crippen LogP contribution is -2.55. The molecule has 2 unspecified atom stereocenters. The van der Waals surface area contributed by atoms with Crippen molar-refractivity contribution in [2.24, 2.45) is 0 Å². The molecule has 1 saturated carbocycles. The first kappa shape index (κ1) is 15.9. The zero-order valence-corrected chi connectivity index (χ0v) is 13.9. The van der Waals surface area contributed by atoms with E-state index in [-0.39, 0.29) is 5.56 Å². The van der Waals surface area contributed by atoms with Gasteiger partial charge in [0.05, 0.1) is 11.6 Å². The van der Waals surface area contributed by atoms with Crippen LogP contribution in [-0.2, 0) is 0 Å². The van der Waals surface area contributed by atoms with Crippen molar-refractivity contribution < 1.29 is 9.84 Å². The van der Waals surface area contributed by atoms with Crippen molar-refractivity contribution in [3.8, 4) is 11.8 Å². The molecule has 5 heteroatoms. The number of aliphatic hydroxyl groups excluding tert-OH is 1. The molecule has 0 radical (unpaired) electrons. The molecule has 0 saturated heterocycles. The fourth-order valence-corrected chi connectivity index (χ4v) is 4.27. The van der Waals surface area contributed by atoms with E-state index in [1.807, 2.05) is 0 Å². The molecule has 25 heavy (non-hydrogen) atoms. The van der Waals surface area contributed by atoms with E-state index in [4.69, 9.17) is 4.74 Å². The van der Waals surface area contributed by atoms with Crippen LogP contribution in [0.15, 0.2) is 41.3 Å². The number of aromatic nitrogens is 1. The third-order valence-electron chi connectivity index (χ3n) is 5.53. The monoisotopic (exact) mass is 336 g/mol. The van der Waals surface area contributed by atoms with Gasteiger partial charge in [-0.1, -0.05) is 12.5 Å². The maximum Gasteiger partial charge on any atom is 0.251 e. The van der Waals surface area contributed by atoms with Crippen LogP contribution in [0.4, 0.5) is 0 Å². The number of benzene rings is 1. The predicted molar refractivity (Wildman–Crippen MR) is 92.5 cm³/mol. The molecule has 1 aliphatic carbocycles. The molecule has 2 heterocycles. The van der Waals surface area contributed by atoms with E-state index >= 15 is 0 Å². The average molecular weight is 336 g/mol. The number of nitriles is 1. The zero-order valence-electron chi connectivity index (χ0n) is 13.9. The smallest absolute Gasteiger partial charge is 0.251 e. The first-order chi connectivity index (χ1) is 12.1. The summed E-state index contributed by atoms with van der Waals surface area (Å²) in [5.74, 6) is 0.166. The van der Waals surface area contributed by atoms with Crippen molar-refractivity contribution in [3.63, 3.8) is 0 Å². The molecule has 2 N–H and O–H groups in total. The van der Waals surface area contributed by atoms with E-state index in [1.165, 1.54) is 0 Å². The van der Waals surface area contributed by atoms with Gasteiger partial charge in [0.1, 0.15) is 17.5 Å².